The van der Waals surface area contributed by atoms with Crippen molar-refractivity contribution in [3.8, 4) is 22.1 Å². The molecule has 0 aliphatic rings. The zero-order valence-electron chi connectivity index (χ0n) is 10.1. The minimum Gasteiger partial charge on any atom is -0.490 e. The van der Waals surface area contributed by atoms with Crippen LogP contribution >= 0.6 is 34.1 Å². The molecule has 18 heavy (non-hydrogen) atoms. The van der Waals surface area contributed by atoms with Crippen LogP contribution in [0.1, 0.15) is 13.8 Å². The zero-order valence-corrected chi connectivity index (χ0v) is 13.1. The molecule has 0 aliphatic carbocycles. The van der Waals surface area contributed by atoms with Gasteiger partial charge in [-0.05, 0) is 43.6 Å². The molecule has 1 heterocycles. The van der Waals surface area contributed by atoms with Crippen LogP contribution in [0.15, 0.2) is 18.2 Å². The SMILES string of the molecule is CCOc1ccc(-c2nc(I)ns2)cc1OCC. The van der Waals surface area contributed by atoms with Gasteiger partial charge in [0.2, 0.25) is 3.83 Å². The lowest BCUT2D eigenvalue weighted by molar-refractivity contribution is 0.288. The van der Waals surface area contributed by atoms with Gasteiger partial charge < -0.3 is 9.47 Å². The van der Waals surface area contributed by atoms with Crippen molar-refractivity contribution in [3.05, 3.63) is 22.0 Å². The van der Waals surface area contributed by atoms with Gasteiger partial charge in [-0.3, -0.25) is 0 Å². The van der Waals surface area contributed by atoms with Crippen LogP contribution in [0.3, 0.4) is 0 Å². The second kappa shape index (κ2) is 6.33. The molecule has 0 N–H and O–H groups in total. The van der Waals surface area contributed by atoms with Crippen LogP contribution in [0.5, 0.6) is 11.5 Å². The third kappa shape index (κ3) is 3.11. The molecular formula is C12H13IN2O2S. The first-order chi connectivity index (χ1) is 8.74. The maximum absolute atomic E-state index is 5.59. The van der Waals surface area contributed by atoms with E-state index in [1.54, 1.807) is 0 Å². The van der Waals surface area contributed by atoms with Gasteiger partial charge in [0.1, 0.15) is 5.01 Å². The summed E-state index contributed by atoms with van der Waals surface area (Å²) in [4.78, 5) is 4.36. The minimum absolute atomic E-state index is 0.608. The molecule has 0 atom stereocenters. The molecule has 6 heteroatoms. The average Bonchev–Trinajstić information content (AvgIpc) is 2.79. The van der Waals surface area contributed by atoms with Crippen molar-refractivity contribution in [2.75, 3.05) is 13.2 Å². The molecule has 0 fully saturated rings. The molecule has 0 amide bonds. The summed E-state index contributed by atoms with van der Waals surface area (Å²) in [6.07, 6.45) is 0. The van der Waals surface area contributed by atoms with Gasteiger partial charge in [-0.1, -0.05) is 0 Å². The summed E-state index contributed by atoms with van der Waals surface area (Å²) >= 11 is 3.49. The third-order valence-electron chi connectivity index (χ3n) is 2.19. The Morgan fingerprint density at radius 2 is 1.89 bits per heavy atom. The van der Waals surface area contributed by atoms with Gasteiger partial charge in [0, 0.05) is 28.2 Å². The summed E-state index contributed by atoms with van der Waals surface area (Å²) in [7, 11) is 0. The second-order valence-electron chi connectivity index (χ2n) is 3.40. The molecule has 0 bridgehead atoms. The van der Waals surface area contributed by atoms with Crippen molar-refractivity contribution < 1.29 is 9.47 Å². The first-order valence-electron chi connectivity index (χ1n) is 5.63. The van der Waals surface area contributed by atoms with E-state index < -0.39 is 0 Å². The molecule has 0 saturated heterocycles. The van der Waals surface area contributed by atoms with Gasteiger partial charge in [-0.15, -0.1) is 0 Å². The first-order valence-corrected chi connectivity index (χ1v) is 7.49. The molecule has 4 nitrogen and oxygen atoms in total. The quantitative estimate of drug-likeness (QED) is 0.748. The number of hydrogen-bond acceptors (Lipinski definition) is 5. The highest BCUT2D eigenvalue weighted by atomic mass is 127. The fraction of sp³-hybridized carbons (Fsp3) is 0.333. The van der Waals surface area contributed by atoms with E-state index in [2.05, 4.69) is 31.9 Å². The van der Waals surface area contributed by atoms with E-state index in [0.717, 1.165) is 25.9 Å². The van der Waals surface area contributed by atoms with Gasteiger partial charge in [-0.2, -0.15) is 4.37 Å². The lowest BCUT2D eigenvalue weighted by Gasteiger charge is -2.11. The highest BCUT2D eigenvalue weighted by Crippen LogP contribution is 2.33. The first kappa shape index (κ1) is 13.5. The highest BCUT2D eigenvalue weighted by Gasteiger charge is 2.10. The number of rotatable bonds is 5. The van der Waals surface area contributed by atoms with Crippen LogP contribution in [-0.4, -0.2) is 22.6 Å². The molecule has 0 saturated carbocycles. The number of hydrogen-bond donors (Lipinski definition) is 0. The molecule has 1 aromatic carbocycles. The monoisotopic (exact) mass is 376 g/mol. The van der Waals surface area contributed by atoms with E-state index in [4.69, 9.17) is 9.47 Å². The van der Waals surface area contributed by atoms with E-state index in [1.807, 2.05) is 32.0 Å². The molecule has 1 aromatic heterocycles. The summed E-state index contributed by atoms with van der Waals surface area (Å²) in [6, 6.07) is 5.84. The van der Waals surface area contributed by atoms with Crippen LogP contribution < -0.4 is 9.47 Å². The van der Waals surface area contributed by atoms with Crippen molar-refractivity contribution in [2.24, 2.45) is 0 Å². The van der Waals surface area contributed by atoms with Crippen molar-refractivity contribution >= 4 is 34.1 Å². The van der Waals surface area contributed by atoms with Crippen LogP contribution in [0.25, 0.3) is 10.6 Å². The van der Waals surface area contributed by atoms with Crippen molar-refractivity contribution in [1.29, 1.82) is 0 Å². The smallest absolute Gasteiger partial charge is 0.203 e. The Hall–Kier alpha value is -0.890. The van der Waals surface area contributed by atoms with Crippen molar-refractivity contribution in [3.63, 3.8) is 0 Å². The molecule has 0 radical (unpaired) electrons. The van der Waals surface area contributed by atoms with Crippen molar-refractivity contribution in [2.45, 2.75) is 13.8 Å². The lowest BCUT2D eigenvalue weighted by Crippen LogP contribution is -1.98. The fourth-order valence-electron chi connectivity index (χ4n) is 1.51. The highest BCUT2D eigenvalue weighted by molar-refractivity contribution is 14.1. The number of nitrogens with zero attached hydrogens (tertiary/aromatic N) is 2. The van der Waals surface area contributed by atoms with E-state index in [0.29, 0.717) is 13.2 Å². The molecule has 0 spiro atoms. The summed E-state index contributed by atoms with van der Waals surface area (Å²) in [5.74, 6) is 1.52. The van der Waals surface area contributed by atoms with Crippen LogP contribution in [-0.2, 0) is 0 Å². The standard InChI is InChI=1S/C12H13IN2O2S/c1-3-16-9-6-5-8(7-10(9)17-4-2)11-14-12(13)15-18-11/h5-7H,3-4H2,1-2H3. The fourth-order valence-corrected chi connectivity index (χ4v) is 2.77. The Morgan fingerprint density at radius 1 is 1.17 bits per heavy atom. The molecular weight excluding hydrogens is 363 g/mol. The Morgan fingerprint density at radius 3 is 2.50 bits per heavy atom. The summed E-state index contributed by atoms with van der Waals surface area (Å²) in [6.45, 7) is 5.14. The van der Waals surface area contributed by atoms with Crippen LogP contribution in [0, 0.1) is 3.83 Å². The minimum atomic E-state index is 0.608. The maximum Gasteiger partial charge on any atom is 0.203 e. The molecule has 96 valence electrons. The molecule has 2 aromatic rings. The molecule has 0 aliphatic heterocycles. The van der Waals surface area contributed by atoms with Crippen LogP contribution in [0.2, 0.25) is 0 Å². The van der Waals surface area contributed by atoms with Gasteiger partial charge in [-0.25, -0.2) is 4.98 Å². The van der Waals surface area contributed by atoms with E-state index in [1.165, 1.54) is 11.5 Å². The largest absolute Gasteiger partial charge is 0.490 e. The Balaban J connectivity index is 2.35. The number of benzene rings is 1. The Bertz CT molecular complexity index is 531. The maximum atomic E-state index is 5.59. The van der Waals surface area contributed by atoms with E-state index >= 15 is 0 Å². The van der Waals surface area contributed by atoms with Crippen LogP contribution in [0.4, 0.5) is 0 Å². The average molecular weight is 376 g/mol. The summed E-state index contributed by atoms with van der Waals surface area (Å²) < 4.78 is 16.1. The summed E-state index contributed by atoms with van der Waals surface area (Å²) in [5.41, 5.74) is 1.00. The predicted molar refractivity (Wildman–Crippen MR) is 80.4 cm³/mol. The molecule has 0 unspecified atom stereocenters. The van der Waals surface area contributed by atoms with Crippen molar-refractivity contribution in [1.82, 2.24) is 9.36 Å². The Kier molecular flexibility index (Phi) is 4.76. The number of halogens is 1. The predicted octanol–water partition coefficient (Wildman–Crippen LogP) is 3.61. The van der Waals surface area contributed by atoms with Gasteiger partial charge in [0.25, 0.3) is 0 Å². The number of ether oxygens (including phenoxy) is 2. The summed E-state index contributed by atoms with van der Waals surface area (Å²) in [5, 5.41) is 0.892. The zero-order chi connectivity index (χ0) is 13.0. The topological polar surface area (TPSA) is 44.2 Å². The van der Waals surface area contributed by atoms with E-state index in [-0.39, 0.29) is 0 Å². The lowest BCUT2D eigenvalue weighted by atomic mass is 10.2. The normalized spacial score (nSPS) is 10.4. The second-order valence-corrected chi connectivity index (χ2v) is 5.11. The number of aromatic nitrogens is 2. The molecule has 2 rings (SSSR count). The van der Waals surface area contributed by atoms with E-state index in [9.17, 15) is 0 Å². The van der Waals surface area contributed by atoms with Gasteiger partial charge in [0.05, 0.1) is 13.2 Å². The third-order valence-corrected chi connectivity index (χ3v) is 3.77. The van der Waals surface area contributed by atoms with Gasteiger partial charge in [0.15, 0.2) is 11.5 Å². The van der Waals surface area contributed by atoms with Gasteiger partial charge >= 0.3 is 0 Å². The Labute approximate surface area is 124 Å².